The molecule has 0 aliphatic heterocycles. The largest absolute Gasteiger partial charge is 0.318 e. The maximum absolute atomic E-state index is 2.46. The van der Waals surface area contributed by atoms with Gasteiger partial charge in [-0.2, -0.15) is 0 Å². The van der Waals surface area contributed by atoms with E-state index in [-0.39, 0.29) is 0 Å². The summed E-state index contributed by atoms with van der Waals surface area (Å²) in [6.07, 6.45) is 18.5. The van der Waals surface area contributed by atoms with Crippen molar-refractivity contribution in [1.29, 1.82) is 0 Å². The number of thioether (sulfide) groups is 1. The molecule has 0 radical (unpaired) electrons. The molecule has 0 aliphatic carbocycles. The molecule has 0 spiro atoms. The summed E-state index contributed by atoms with van der Waals surface area (Å²) in [7, 11) is 4.91. The number of quaternary nitrogens is 1. The smallest absolute Gasteiger partial charge is 0.135 e. The Morgan fingerprint density at radius 3 is 1.61 bits per heavy atom. The van der Waals surface area contributed by atoms with Crippen molar-refractivity contribution in [2.24, 2.45) is 0 Å². The van der Waals surface area contributed by atoms with Crippen LogP contribution >= 0.6 is 11.8 Å². The maximum Gasteiger partial charge on any atom is 0.135 e. The molecule has 0 saturated carbocycles. The van der Waals surface area contributed by atoms with Gasteiger partial charge in [-0.05, 0) is 25.0 Å². The van der Waals surface area contributed by atoms with Crippen LogP contribution in [0.2, 0.25) is 0 Å². The minimum Gasteiger partial charge on any atom is -0.318 e. The normalized spacial score (nSPS) is 13.4. The van der Waals surface area contributed by atoms with Crippen LogP contribution in [0.3, 0.4) is 0 Å². The highest BCUT2D eigenvalue weighted by Gasteiger charge is 2.26. The van der Waals surface area contributed by atoms with Gasteiger partial charge in [-0.15, -0.1) is 0 Å². The van der Waals surface area contributed by atoms with E-state index in [9.17, 15) is 0 Å². The molecule has 2 heteroatoms. The van der Waals surface area contributed by atoms with Gasteiger partial charge in [0.25, 0.3) is 0 Å². The zero-order valence-electron chi connectivity index (χ0n) is 17.0. The second kappa shape index (κ2) is 15.8. The SMILES string of the molecule is CCCCCCCCCCCC[N+](C)(C)C(CCCC)SCC. The molecule has 1 atom stereocenters. The van der Waals surface area contributed by atoms with Crippen LogP contribution in [0.25, 0.3) is 0 Å². The fourth-order valence-corrected chi connectivity index (χ4v) is 4.58. The van der Waals surface area contributed by atoms with E-state index in [1.54, 1.807) is 0 Å². The second-order valence-corrected chi connectivity index (χ2v) is 9.19. The Morgan fingerprint density at radius 1 is 0.652 bits per heavy atom. The minimum atomic E-state index is 0.804. The molecule has 140 valence electrons. The molecule has 0 fully saturated rings. The molecule has 23 heavy (non-hydrogen) atoms. The number of nitrogens with zero attached hydrogens (tertiary/aromatic N) is 1. The first-order valence-electron chi connectivity index (χ1n) is 10.5. The van der Waals surface area contributed by atoms with Crippen molar-refractivity contribution in [3.8, 4) is 0 Å². The quantitative estimate of drug-likeness (QED) is 0.152. The third-order valence-corrected chi connectivity index (χ3v) is 6.56. The molecule has 0 bridgehead atoms. The molecule has 0 aliphatic rings. The summed E-state index contributed by atoms with van der Waals surface area (Å²) >= 11 is 2.18. The van der Waals surface area contributed by atoms with Gasteiger partial charge < -0.3 is 4.48 Å². The van der Waals surface area contributed by atoms with E-state index in [4.69, 9.17) is 0 Å². The summed E-state index contributed by atoms with van der Waals surface area (Å²) in [5.74, 6) is 1.26. The molecule has 0 heterocycles. The van der Waals surface area contributed by atoms with Gasteiger partial charge in [0.2, 0.25) is 0 Å². The Balaban J connectivity index is 3.70. The van der Waals surface area contributed by atoms with E-state index in [2.05, 4.69) is 46.6 Å². The van der Waals surface area contributed by atoms with Gasteiger partial charge in [0.05, 0.1) is 20.6 Å². The van der Waals surface area contributed by atoms with Crippen molar-refractivity contribution >= 4 is 11.8 Å². The Hall–Kier alpha value is 0.310. The molecule has 0 N–H and O–H groups in total. The fraction of sp³-hybridized carbons (Fsp3) is 1.00. The van der Waals surface area contributed by atoms with E-state index in [0.29, 0.717) is 0 Å². The topological polar surface area (TPSA) is 0 Å². The van der Waals surface area contributed by atoms with Crippen molar-refractivity contribution in [3.63, 3.8) is 0 Å². The van der Waals surface area contributed by atoms with Gasteiger partial charge in [-0.3, -0.25) is 0 Å². The number of rotatable bonds is 17. The molecule has 0 rings (SSSR count). The Morgan fingerprint density at radius 2 is 1.13 bits per heavy atom. The summed E-state index contributed by atoms with van der Waals surface area (Å²) in [6.45, 7) is 8.28. The predicted molar refractivity (Wildman–Crippen MR) is 110 cm³/mol. The van der Waals surface area contributed by atoms with Crippen molar-refractivity contribution in [3.05, 3.63) is 0 Å². The van der Waals surface area contributed by atoms with E-state index in [1.165, 1.54) is 100 Å². The molecule has 1 unspecified atom stereocenters. The lowest BCUT2D eigenvalue weighted by Gasteiger charge is -2.38. The zero-order valence-corrected chi connectivity index (χ0v) is 17.9. The lowest BCUT2D eigenvalue weighted by molar-refractivity contribution is -0.900. The van der Waals surface area contributed by atoms with Crippen molar-refractivity contribution in [2.45, 2.75) is 110 Å². The van der Waals surface area contributed by atoms with E-state index in [0.717, 1.165) is 5.37 Å². The molecule has 0 saturated heterocycles. The van der Waals surface area contributed by atoms with Crippen LogP contribution in [0.1, 0.15) is 104 Å². The minimum absolute atomic E-state index is 0.804. The highest BCUT2D eigenvalue weighted by molar-refractivity contribution is 7.99. The van der Waals surface area contributed by atoms with Crippen LogP contribution in [0.4, 0.5) is 0 Å². The summed E-state index contributed by atoms with van der Waals surface area (Å²) in [5.41, 5.74) is 0. The molecule has 1 nitrogen and oxygen atoms in total. The van der Waals surface area contributed by atoms with E-state index < -0.39 is 0 Å². The number of hydrogen-bond donors (Lipinski definition) is 0. The maximum atomic E-state index is 2.46. The molecular weight excluding hydrogens is 298 g/mol. The average Bonchev–Trinajstić information content (AvgIpc) is 2.53. The predicted octanol–water partition coefficient (Wildman–Crippen LogP) is 7.25. The van der Waals surface area contributed by atoms with Gasteiger partial charge in [0, 0.05) is 6.42 Å². The van der Waals surface area contributed by atoms with Crippen molar-refractivity contribution in [2.75, 3.05) is 26.4 Å². The third kappa shape index (κ3) is 13.3. The Bertz CT molecular complexity index is 240. The molecular formula is C21H46NS+. The van der Waals surface area contributed by atoms with Gasteiger partial charge in [0.15, 0.2) is 0 Å². The van der Waals surface area contributed by atoms with Gasteiger partial charge in [-0.1, -0.05) is 90.3 Å². The number of unbranched alkanes of at least 4 members (excludes halogenated alkanes) is 10. The third-order valence-electron chi connectivity index (χ3n) is 5.03. The van der Waals surface area contributed by atoms with Crippen molar-refractivity contribution in [1.82, 2.24) is 0 Å². The van der Waals surface area contributed by atoms with E-state index in [1.807, 2.05) is 0 Å². The second-order valence-electron chi connectivity index (χ2n) is 7.74. The monoisotopic (exact) mass is 344 g/mol. The standard InChI is InChI=1S/C21H46NS/c1-6-9-11-12-13-14-15-16-17-18-20-22(4,5)21(23-8-3)19-10-7-2/h21H,6-20H2,1-5H3/q+1. The van der Waals surface area contributed by atoms with Gasteiger partial charge in [-0.25, -0.2) is 0 Å². The lowest BCUT2D eigenvalue weighted by atomic mass is 10.1. The van der Waals surface area contributed by atoms with Crippen molar-refractivity contribution < 1.29 is 4.48 Å². The molecule has 0 amide bonds. The number of hydrogen-bond acceptors (Lipinski definition) is 1. The molecule has 0 aromatic carbocycles. The highest BCUT2D eigenvalue weighted by atomic mass is 32.2. The average molecular weight is 345 g/mol. The molecule has 0 aromatic heterocycles. The highest BCUT2D eigenvalue weighted by Crippen LogP contribution is 2.26. The zero-order chi connectivity index (χ0) is 17.4. The lowest BCUT2D eigenvalue weighted by Crippen LogP contribution is -2.47. The van der Waals surface area contributed by atoms with Gasteiger partial charge >= 0.3 is 0 Å². The van der Waals surface area contributed by atoms with Crippen LogP contribution in [0.15, 0.2) is 0 Å². The Kier molecular flexibility index (Phi) is 16.0. The summed E-state index contributed by atoms with van der Waals surface area (Å²) in [6, 6.07) is 0. The van der Waals surface area contributed by atoms with Gasteiger partial charge in [0.1, 0.15) is 5.37 Å². The summed E-state index contributed by atoms with van der Waals surface area (Å²) in [4.78, 5) is 0. The van der Waals surface area contributed by atoms with Crippen LogP contribution in [0, 0.1) is 0 Å². The van der Waals surface area contributed by atoms with E-state index >= 15 is 0 Å². The first-order chi connectivity index (χ1) is 11.1. The van der Waals surface area contributed by atoms with Crippen LogP contribution in [-0.4, -0.2) is 36.2 Å². The first-order valence-corrected chi connectivity index (χ1v) is 11.6. The fourth-order valence-electron chi connectivity index (χ4n) is 3.36. The summed E-state index contributed by atoms with van der Waals surface area (Å²) in [5, 5.41) is 0.804. The first kappa shape index (κ1) is 23.3. The molecule has 0 aromatic rings. The van der Waals surface area contributed by atoms with Crippen LogP contribution < -0.4 is 0 Å². The Labute approximate surface area is 152 Å². The van der Waals surface area contributed by atoms with Crippen LogP contribution in [0.5, 0.6) is 0 Å². The van der Waals surface area contributed by atoms with Crippen LogP contribution in [-0.2, 0) is 0 Å². The summed E-state index contributed by atoms with van der Waals surface area (Å²) < 4.78 is 1.22.